The quantitative estimate of drug-likeness (QED) is 0.782. The van der Waals surface area contributed by atoms with Gasteiger partial charge in [-0.3, -0.25) is 4.79 Å². The van der Waals surface area contributed by atoms with Gasteiger partial charge in [-0.2, -0.15) is 0 Å². The Hall–Kier alpha value is -1.99. The van der Waals surface area contributed by atoms with Gasteiger partial charge in [0.25, 0.3) is 5.91 Å². The molecule has 0 aliphatic heterocycles. The van der Waals surface area contributed by atoms with Gasteiger partial charge in [0.05, 0.1) is 4.88 Å². The van der Waals surface area contributed by atoms with E-state index < -0.39 is 12.1 Å². The number of aliphatic hydroxyl groups is 1. The summed E-state index contributed by atoms with van der Waals surface area (Å²) in [5.41, 5.74) is 0. The fraction of sp³-hybridized carbons (Fsp3) is 0.231. The van der Waals surface area contributed by atoms with E-state index in [1.165, 1.54) is 23.5 Å². The third kappa shape index (κ3) is 3.31. The second-order valence-corrected chi connectivity index (χ2v) is 5.28. The van der Waals surface area contributed by atoms with Gasteiger partial charge >= 0.3 is 5.97 Å². The average Bonchev–Trinajstić information content (AvgIpc) is 2.81. The summed E-state index contributed by atoms with van der Waals surface area (Å²) >= 11 is 1.22. The highest BCUT2D eigenvalue weighted by molar-refractivity contribution is 7.20. The minimum atomic E-state index is -1.49. The van der Waals surface area contributed by atoms with E-state index >= 15 is 0 Å². The summed E-state index contributed by atoms with van der Waals surface area (Å²) in [6.45, 7) is 0.0505. The number of benzene rings is 1. The van der Waals surface area contributed by atoms with Gasteiger partial charge in [-0.05, 0) is 29.7 Å². The zero-order chi connectivity index (χ0) is 14.7. The highest BCUT2D eigenvalue weighted by Gasteiger charge is 2.14. The molecule has 1 aromatic heterocycles. The zero-order valence-corrected chi connectivity index (χ0v) is 11.1. The summed E-state index contributed by atoms with van der Waals surface area (Å²) in [5, 5.41) is 20.7. The van der Waals surface area contributed by atoms with Crippen molar-refractivity contribution in [3.63, 3.8) is 0 Å². The highest BCUT2D eigenvalue weighted by atomic mass is 32.1. The third-order valence-electron chi connectivity index (χ3n) is 2.69. The van der Waals surface area contributed by atoms with E-state index in [2.05, 4.69) is 5.32 Å². The zero-order valence-electron chi connectivity index (χ0n) is 10.3. The Morgan fingerprint density at radius 1 is 1.35 bits per heavy atom. The smallest absolute Gasteiger partial charge is 0.332 e. The van der Waals surface area contributed by atoms with E-state index in [0.29, 0.717) is 10.3 Å². The maximum atomic E-state index is 13.0. The number of amides is 1. The Morgan fingerprint density at radius 3 is 2.80 bits per heavy atom. The standard InChI is InChI=1S/C13H12FNO4S/c14-8-1-2-10-7(5-8)6-11(20-10)12(17)15-4-3-9(16)13(18)19/h1-2,5-6,9,16H,3-4H2,(H,15,17)(H,18,19). The molecular formula is C13H12FNO4S. The van der Waals surface area contributed by atoms with Gasteiger partial charge in [0.1, 0.15) is 5.82 Å². The van der Waals surface area contributed by atoms with Crippen molar-refractivity contribution in [2.75, 3.05) is 6.54 Å². The normalized spacial score (nSPS) is 12.3. The fourth-order valence-electron chi connectivity index (χ4n) is 1.66. The molecule has 1 amide bonds. The van der Waals surface area contributed by atoms with Crippen LogP contribution < -0.4 is 5.32 Å². The van der Waals surface area contributed by atoms with Crippen LogP contribution in [0.25, 0.3) is 10.1 Å². The third-order valence-corrected chi connectivity index (χ3v) is 3.81. The van der Waals surface area contributed by atoms with Crippen LogP contribution in [-0.4, -0.2) is 34.7 Å². The molecule has 2 rings (SSSR count). The Balaban J connectivity index is 1.99. The van der Waals surface area contributed by atoms with E-state index in [4.69, 9.17) is 10.2 Å². The molecule has 2 aromatic rings. The van der Waals surface area contributed by atoms with Crippen molar-refractivity contribution in [3.8, 4) is 0 Å². The van der Waals surface area contributed by atoms with Crippen molar-refractivity contribution >= 4 is 33.3 Å². The molecule has 1 atom stereocenters. The van der Waals surface area contributed by atoms with Gasteiger partial charge in [-0.25, -0.2) is 9.18 Å². The van der Waals surface area contributed by atoms with Crippen LogP contribution in [0.2, 0.25) is 0 Å². The van der Waals surface area contributed by atoms with Crippen LogP contribution in [0.5, 0.6) is 0 Å². The van der Waals surface area contributed by atoms with Crippen molar-refractivity contribution in [3.05, 3.63) is 35.0 Å². The van der Waals surface area contributed by atoms with E-state index in [9.17, 15) is 14.0 Å². The molecule has 1 aromatic carbocycles. The Morgan fingerprint density at radius 2 is 2.10 bits per heavy atom. The van der Waals surface area contributed by atoms with Crippen molar-refractivity contribution in [2.45, 2.75) is 12.5 Å². The summed E-state index contributed by atoms with van der Waals surface area (Å²) in [6.07, 6.45) is -1.56. The number of rotatable bonds is 5. The molecule has 0 aliphatic rings. The number of aliphatic hydroxyl groups excluding tert-OH is 1. The fourth-order valence-corrected chi connectivity index (χ4v) is 2.62. The average molecular weight is 297 g/mol. The summed E-state index contributed by atoms with van der Waals surface area (Å²) in [4.78, 5) is 22.6. The lowest BCUT2D eigenvalue weighted by atomic mass is 10.2. The van der Waals surface area contributed by atoms with Crippen LogP contribution in [-0.2, 0) is 4.79 Å². The van der Waals surface area contributed by atoms with Gasteiger partial charge in [0, 0.05) is 17.7 Å². The molecule has 0 spiro atoms. The second-order valence-electron chi connectivity index (χ2n) is 4.19. The number of fused-ring (bicyclic) bond motifs is 1. The lowest BCUT2D eigenvalue weighted by Crippen LogP contribution is -2.29. The summed E-state index contributed by atoms with van der Waals surface area (Å²) in [5.74, 6) is -2.06. The Kier molecular flexibility index (Phi) is 4.31. The van der Waals surface area contributed by atoms with Crippen molar-refractivity contribution in [1.29, 1.82) is 0 Å². The molecule has 3 N–H and O–H groups in total. The molecule has 0 fully saturated rings. The summed E-state index contributed by atoms with van der Waals surface area (Å²) in [7, 11) is 0. The van der Waals surface area contributed by atoms with Gasteiger partial charge < -0.3 is 15.5 Å². The van der Waals surface area contributed by atoms with Crippen LogP contribution in [0.3, 0.4) is 0 Å². The Bertz CT molecular complexity index is 655. The molecule has 1 heterocycles. The molecule has 20 heavy (non-hydrogen) atoms. The van der Waals surface area contributed by atoms with Gasteiger partial charge in [-0.15, -0.1) is 11.3 Å². The van der Waals surface area contributed by atoms with Crippen molar-refractivity contribution in [1.82, 2.24) is 5.32 Å². The topological polar surface area (TPSA) is 86.6 Å². The Labute approximate surface area is 117 Å². The van der Waals surface area contributed by atoms with E-state index in [0.717, 1.165) is 4.70 Å². The monoisotopic (exact) mass is 297 g/mol. The number of carbonyl (C=O) groups is 2. The largest absolute Gasteiger partial charge is 0.479 e. The minimum Gasteiger partial charge on any atom is -0.479 e. The van der Waals surface area contributed by atoms with Crippen molar-refractivity contribution in [2.24, 2.45) is 0 Å². The lowest BCUT2D eigenvalue weighted by molar-refractivity contribution is -0.146. The first-order valence-electron chi connectivity index (χ1n) is 5.85. The minimum absolute atomic E-state index is 0.0505. The molecule has 0 saturated heterocycles. The summed E-state index contributed by atoms with van der Waals surface area (Å²) in [6, 6.07) is 5.84. The number of hydrogen-bond acceptors (Lipinski definition) is 4. The van der Waals surface area contributed by atoms with Crippen LogP contribution in [0.4, 0.5) is 4.39 Å². The van der Waals surface area contributed by atoms with Gasteiger partial charge in [-0.1, -0.05) is 0 Å². The highest BCUT2D eigenvalue weighted by Crippen LogP contribution is 2.26. The maximum Gasteiger partial charge on any atom is 0.332 e. The maximum absolute atomic E-state index is 13.0. The van der Waals surface area contributed by atoms with Crippen molar-refractivity contribution < 1.29 is 24.2 Å². The molecule has 0 radical (unpaired) electrons. The van der Waals surface area contributed by atoms with E-state index in [1.54, 1.807) is 12.1 Å². The number of carbonyl (C=O) groups excluding carboxylic acids is 1. The predicted molar refractivity (Wildman–Crippen MR) is 72.4 cm³/mol. The molecule has 1 unspecified atom stereocenters. The lowest BCUT2D eigenvalue weighted by Gasteiger charge is -2.05. The second kappa shape index (κ2) is 5.98. The van der Waals surface area contributed by atoms with Crippen LogP contribution in [0.15, 0.2) is 24.3 Å². The first-order valence-corrected chi connectivity index (χ1v) is 6.67. The van der Waals surface area contributed by atoms with Crippen LogP contribution in [0.1, 0.15) is 16.1 Å². The van der Waals surface area contributed by atoms with Crippen LogP contribution in [0, 0.1) is 5.82 Å². The van der Waals surface area contributed by atoms with Gasteiger partial charge in [0.15, 0.2) is 6.10 Å². The molecule has 7 heteroatoms. The number of nitrogens with one attached hydrogen (secondary N) is 1. The summed E-state index contributed by atoms with van der Waals surface area (Å²) < 4.78 is 13.8. The molecule has 0 saturated carbocycles. The number of hydrogen-bond donors (Lipinski definition) is 3. The SMILES string of the molecule is O=C(NCCC(O)C(=O)O)c1cc2cc(F)ccc2s1. The molecular weight excluding hydrogens is 285 g/mol. The predicted octanol–water partition coefficient (Wildman–Crippen LogP) is 1.61. The first-order chi connectivity index (χ1) is 9.47. The van der Waals surface area contributed by atoms with Gasteiger partial charge in [0.2, 0.25) is 0 Å². The molecule has 106 valence electrons. The number of carboxylic acid groups (broad SMARTS) is 1. The first kappa shape index (κ1) is 14.4. The molecule has 0 bridgehead atoms. The molecule has 5 nitrogen and oxygen atoms in total. The number of thiophene rings is 1. The van der Waals surface area contributed by atoms with Crippen LogP contribution >= 0.6 is 11.3 Å². The number of aliphatic carboxylic acids is 1. The number of halogens is 1. The van der Waals surface area contributed by atoms with E-state index in [1.807, 2.05) is 0 Å². The molecule has 0 aliphatic carbocycles. The van der Waals surface area contributed by atoms with E-state index in [-0.39, 0.29) is 24.7 Å². The number of carboxylic acids is 1.